The van der Waals surface area contributed by atoms with E-state index >= 15 is 0 Å². The molecule has 2 aromatic carbocycles. The Morgan fingerprint density at radius 1 is 1.14 bits per heavy atom. The molecule has 0 unspecified atom stereocenters. The maximum atomic E-state index is 13.1. The fraction of sp³-hybridized carbons (Fsp3) is 0.364. The average molecular weight is 414 g/mol. The molecule has 1 aromatic heterocycles. The zero-order valence-corrected chi connectivity index (χ0v) is 17.4. The highest BCUT2D eigenvalue weighted by atomic mass is 32.1. The second kappa shape index (κ2) is 8.37. The number of anilines is 2. The average Bonchev–Trinajstić information content (AvgIpc) is 3.13. The van der Waals surface area contributed by atoms with E-state index in [2.05, 4.69) is 21.3 Å². The van der Waals surface area contributed by atoms with Crippen LogP contribution in [0.1, 0.15) is 43.5 Å². The van der Waals surface area contributed by atoms with Gasteiger partial charge >= 0.3 is 0 Å². The van der Waals surface area contributed by atoms with Crippen LogP contribution in [0.2, 0.25) is 0 Å². The summed E-state index contributed by atoms with van der Waals surface area (Å²) < 4.78 is 20.1. The number of rotatable bonds is 5. The van der Waals surface area contributed by atoms with E-state index in [0.717, 1.165) is 29.0 Å². The SMILES string of the molecule is CC(C)Oc1ccc(N2CCCCC2)c2sc(NC(=O)c3ccc(F)cc3)nc12. The number of aromatic nitrogens is 1. The van der Waals surface area contributed by atoms with E-state index in [-0.39, 0.29) is 17.8 Å². The van der Waals surface area contributed by atoms with Crippen LogP contribution in [0.4, 0.5) is 15.2 Å². The van der Waals surface area contributed by atoms with Crippen molar-refractivity contribution in [2.75, 3.05) is 23.3 Å². The Hall–Kier alpha value is -2.67. The number of thiazole rings is 1. The van der Waals surface area contributed by atoms with Crippen LogP contribution in [0.25, 0.3) is 10.2 Å². The predicted octanol–water partition coefficient (Wildman–Crippen LogP) is 5.47. The van der Waals surface area contributed by atoms with Crippen LogP contribution in [-0.4, -0.2) is 30.1 Å². The second-order valence-corrected chi connectivity index (χ2v) is 8.45. The van der Waals surface area contributed by atoms with Crippen molar-refractivity contribution in [1.29, 1.82) is 0 Å². The monoisotopic (exact) mass is 413 g/mol. The van der Waals surface area contributed by atoms with Crippen LogP contribution >= 0.6 is 11.3 Å². The lowest BCUT2D eigenvalue weighted by Gasteiger charge is -2.29. The number of carbonyl (C=O) groups excluding carboxylic acids is 1. The molecule has 1 aliphatic heterocycles. The summed E-state index contributed by atoms with van der Waals surface area (Å²) in [7, 11) is 0. The van der Waals surface area contributed by atoms with Gasteiger partial charge < -0.3 is 9.64 Å². The Kier molecular flexibility index (Phi) is 5.67. The number of nitrogens with zero attached hydrogens (tertiary/aromatic N) is 2. The maximum absolute atomic E-state index is 13.1. The van der Waals surface area contributed by atoms with Gasteiger partial charge in [0, 0.05) is 18.7 Å². The summed E-state index contributed by atoms with van der Waals surface area (Å²) in [4.78, 5) is 19.6. The number of fused-ring (bicyclic) bond motifs is 1. The lowest BCUT2D eigenvalue weighted by Crippen LogP contribution is -2.29. The number of amides is 1. The molecule has 1 fully saturated rings. The highest BCUT2D eigenvalue weighted by molar-refractivity contribution is 7.23. The first-order valence-corrected chi connectivity index (χ1v) is 10.7. The molecule has 4 rings (SSSR count). The van der Waals surface area contributed by atoms with Crippen molar-refractivity contribution in [3.63, 3.8) is 0 Å². The van der Waals surface area contributed by atoms with Crippen molar-refractivity contribution in [3.05, 3.63) is 47.8 Å². The van der Waals surface area contributed by atoms with E-state index in [4.69, 9.17) is 4.74 Å². The Bertz CT molecular complexity index is 1010. The van der Waals surface area contributed by atoms with Crippen molar-refractivity contribution >= 4 is 38.3 Å². The first-order chi connectivity index (χ1) is 14.0. The molecule has 0 saturated carbocycles. The van der Waals surface area contributed by atoms with Crippen LogP contribution in [0.15, 0.2) is 36.4 Å². The van der Waals surface area contributed by atoms with Crippen molar-refractivity contribution in [1.82, 2.24) is 4.98 Å². The number of carbonyl (C=O) groups is 1. The molecule has 0 radical (unpaired) electrons. The lowest BCUT2D eigenvalue weighted by atomic mass is 10.1. The van der Waals surface area contributed by atoms with Gasteiger partial charge in [-0.15, -0.1) is 0 Å². The summed E-state index contributed by atoms with van der Waals surface area (Å²) >= 11 is 1.45. The molecule has 2 heterocycles. The minimum absolute atomic E-state index is 0.0259. The number of nitrogens with one attached hydrogen (secondary N) is 1. The maximum Gasteiger partial charge on any atom is 0.257 e. The standard InChI is InChI=1S/C22H24FN3O2S/c1-14(2)28-18-11-10-17(26-12-4-3-5-13-26)20-19(18)24-22(29-20)25-21(27)15-6-8-16(23)9-7-15/h6-11,14H,3-5,12-13H2,1-2H3,(H,24,25,27). The molecule has 1 amide bonds. The molecule has 5 nitrogen and oxygen atoms in total. The second-order valence-electron chi connectivity index (χ2n) is 7.45. The summed E-state index contributed by atoms with van der Waals surface area (Å²) in [6.45, 7) is 6.01. The topological polar surface area (TPSA) is 54.5 Å². The first-order valence-electron chi connectivity index (χ1n) is 9.93. The minimum Gasteiger partial charge on any atom is -0.489 e. The number of piperidine rings is 1. The minimum atomic E-state index is -0.372. The fourth-order valence-corrected chi connectivity index (χ4v) is 4.55. The van der Waals surface area contributed by atoms with Gasteiger partial charge in [-0.25, -0.2) is 9.37 Å². The summed E-state index contributed by atoms with van der Waals surface area (Å²) in [6.07, 6.45) is 3.64. The Morgan fingerprint density at radius 3 is 2.55 bits per heavy atom. The van der Waals surface area contributed by atoms with Crippen molar-refractivity contribution in [2.24, 2.45) is 0 Å². The van der Waals surface area contributed by atoms with Crippen LogP contribution in [0, 0.1) is 5.82 Å². The van der Waals surface area contributed by atoms with Crippen LogP contribution in [-0.2, 0) is 0 Å². The predicted molar refractivity (Wildman–Crippen MR) is 116 cm³/mol. The molecule has 29 heavy (non-hydrogen) atoms. The van der Waals surface area contributed by atoms with E-state index in [0.29, 0.717) is 16.4 Å². The number of halogens is 1. The van der Waals surface area contributed by atoms with Gasteiger partial charge in [0.15, 0.2) is 5.13 Å². The van der Waals surface area contributed by atoms with Crippen LogP contribution < -0.4 is 15.0 Å². The number of hydrogen-bond donors (Lipinski definition) is 1. The van der Waals surface area contributed by atoms with Gasteiger partial charge in [0.05, 0.1) is 16.5 Å². The number of ether oxygens (including phenoxy) is 1. The van der Waals surface area contributed by atoms with E-state index in [1.54, 1.807) is 0 Å². The molecule has 1 N–H and O–H groups in total. The molecular weight excluding hydrogens is 389 g/mol. The van der Waals surface area contributed by atoms with Gasteiger partial charge in [-0.1, -0.05) is 11.3 Å². The van der Waals surface area contributed by atoms with Gasteiger partial charge in [0.25, 0.3) is 5.91 Å². The zero-order chi connectivity index (χ0) is 20.4. The lowest BCUT2D eigenvalue weighted by molar-refractivity contribution is 0.102. The summed E-state index contributed by atoms with van der Waals surface area (Å²) in [5, 5.41) is 3.36. The molecular formula is C22H24FN3O2S. The van der Waals surface area contributed by atoms with Crippen LogP contribution in [0.3, 0.4) is 0 Å². The fourth-order valence-electron chi connectivity index (χ4n) is 3.53. The van der Waals surface area contributed by atoms with Crippen molar-refractivity contribution in [3.8, 4) is 5.75 Å². The summed E-state index contributed by atoms with van der Waals surface area (Å²) in [5.41, 5.74) is 2.29. The summed E-state index contributed by atoms with van der Waals surface area (Å²) in [5.74, 6) is 0.0346. The van der Waals surface area contributed by atoms with E-state index in [9.17, 15) is 9.18 Å². The molecule has 152 valence electrons. The van der Waals surface area contributed by atoms with Gasteiger partial charge in [-0.2, -0.15) is 0 Å². The molecule has 3 aromatic rings. The van der Waals surface area contributed by atoms with Gasteiger partial charge in [-0.05, 0) is 69.5 Å². The smallest absolute Gasteiger partial charge is 0.257 e. The van der Waals surface area contributed by atoms with E-state index in [1.807, 2.05) is 19.9 Å². The molecule has 0 bridgehead atoms. The highest BCUT2D eigenvalue weighted by Gasteiger charge is 2.20. The summed E-state index contributed by atoms with van der Waals surface area (Å²) in [6, 6.07) is 9.54. The van der Waals surface area contributed by atoms with Gasteiger partial charge in [-0.3, -0.25) is 10.1 Å². The quantitative estimate of drug-likeness (QED) is 0.603. The third-order valence-corrected chi connectivity index (χ3v) is 5.87. The highest BCUT2D eigenvalue weighted by Crippen LogP contribution is 2.40. The van der Waals surface area contributed by atoms with Gasteiger partial charge in [0.2, 0.25) is 0 Å². The molecule has 0 atom stereocenters. The Balaban J connectivity index is 1.69. The third-order valence-electron chi connectivity index (χ3n) is 4.87. The van der Waals surface area contributed by atoms with Gasteiger partial charge in [0.1, 0.15) is 17.1 Å². The van der Waals surface area contributed by atoms with E-state index < -0.39 is 0 Å². The molecule has 0 spiro atoms. The zero-order valence-electron chi connectivity index (χ0n) is 16.6. The Labute approximate surface area is 173 Å². The van der Waals surface area contributed by atoms with Crippen molar-refractivity contribution in [2.45, 2.75) is 39.2 Å². The molecule has 1 saturated heterocycles. The largest absolute Gasteiger partial charge is 0.489 e. The molecule has 1 aliphatic rings. The van der Waals surface area contributed by atoms with E-state index in [1.165, 1.54) is 54.9 Å². The number of benzene rings is 2. The molecule has 0 aliphatic carbocycles. The number of hydrogen-bond acceptors (Lipinski definition) is 5. The first kappa shape index (κ1) is 19.6. The van der Waals surface area contributed by atoms with Crippen molar-refractivity contribution < 1.29 is 13.9 Å². The molecule has 7 heteroatoms. The Morgan fingerprint density at radius 2 is 1.86 bits per heavy atom. The van der Waals surface area contributed by atoms with Crippen LogP contribution in [0.5, 0.6) is 5.75 Å². The normalized spacial score (nSPS) is 14.4. The third kappa shape index (κ3) is 4.34.